The predicted octanol–water partition coefficient (Wildman–Crippen LogP) is 6.95. The van der Waals surface area contributed by atoms with Crippen molar-refractivity contribution in [1.82, 2.24) is 14.9 Å². The van der Waals surface area contributed by atoms with E-state index in [0.29, 0.717) is 5.56 Å². The topological polar surface area (TPSA) is 67.7 Å². The first-order valence-corrected chi connectivity index (χ1v) is 12.3. The maximum Gasteiger partial charge on any atom is 0.103 e. The number of piperidine rings is 1. The molecule has 0 unspecified atom stereocenters. The van der Waals surface area contributed by atoms with Crippen molar-refractivity contribution in [1.29, 1.82) is 5.26 Å². The van der Waals surface area contributed by atoms with Crippen LogP contribution in [0, 0.1) is 25.2 Å². The summed E-state index contributed by atoms with van der Waals surface area (Å²) in [6.07, 6.45) is 11.8. The monoisotopic (exact) mass is 461 g/mol. The Morgan fingerprint density at radius 1 is 1.09 bits per heavy atom. The van der Waals surface area contributed by atoms with Crippen LogP contribution in [0.15, 0.2) is 54.9 Å². The Morgan fingerprint density at radius 3 is 2.77 bits per heavy atom. The molecular weight excluding hydrogens is 430 g/mol. The molecule has 0 radical (unpaired) electrons. The number of fused-ring (bicyclic) bond motifs is 1. The number of rotatable bonds is 6. The zero-order chi connectivity index (χ0) is 24.2. The van der Waals surface area contributed by atoms with Crippen molar-refractivity contribution >= 4 is 34.4 Å². The maximum atomic E-state index is 9.83. The minimum absolute atomic E-state index is 0.530. The van der Waals surface area contributed by atoms with Crippen LogP contribution >= 0.6 is 0 Å². The lowest BCUT2D eigenvalue weighted by atomic mass is 10.0. The summed E-state index contributed by atoms with van der Waals surface area (Å²) in [4.78, 5) is 10.3. The number of aryl methyl sites for hydroxylation is 2. The number of hydrogen-bond donors (Lipinski definition) is 2. The highest BCUT2D eigenvalue weighted by Gasteiger charge is 2.14. The first-order valence-electron chi connectivity index (χ1n) is 12.3. The molecule has 1 aliphatic rings. The quantitative estimate of drug-likeness (QED) is 0.326. The van der Waals surface area contributed by atoms with Gasteiger partial charge in [-0.05, 0) is 74.7 Å². The molecule has 5 heteroatoms. The molecule has 0 amide bonds. The van der Waals surface area contributed by atoms with Crippen LogP contribution in [0.5, 0.6) is 0 Å². The number of hydrogen-bond acceptors (Lipinski definition) is 4. The molecule has 4 aromatic rings. The molecule has 0 saturated carbocycles. The van der Waals surface area contributed by atoms with Gasteiger partial charge in [0.2, 0.25) is 0 Å². The second-order valence-corrected chi connectivity index (χ2v) is 9.37. The van der Waals surface area contributed by atoms with Gasteiger partial charge in [0.1, 0.15) is 6.07 Å². The van der Waals surface area contributed by atoms with Crippen molar-refractivity contribution in [3.63, 3.8) is 0 Å². The van der Waals surface area contributed by atoms with Gasteiger partial charge in [-0.3, -0.25) is 9.88 Å². The van der Waals surface area contributed by atoms with Crippen molar-refractivity contribution < 1.29 is 0 Å². The van der Waals surface area contributed by atoms with E-state index >= 15 is 0 Å². The van der Waals surface area contributed by atoms with E-state index in [2.05, 4.69) is 87.8 Å². The average Bonchev–Trinajstić information content (AvgIpc) is 3.36. The number of aromatic nitrogens is 2. The van der Waals surface area contributed by atoms with E-state index in [-0.39, 0.29) is 0 Å². The number of likely N-dealkylation sites (tertiary alicyclic amines) is 1. The molecule has 1 saturated heterocycles. The highest BCUT2D eigenvalue weighted by Crippen LogP contribution is 2.32. The van der Waals surface area contributed by atoms with Crippen LogP contribution in [0.3, 0.4) is 0 Å². The third kappa shape index (κ3) is 4.99. The van der Waals surface area contributed by atoms with Crippen LogP contribution in [0.4, 0.5) is 11.4 Å². The molecule has 2 N–H and O–H groups in total. The van der Waals surface area contributed by atoms with E-state index in [4.69, 9.17) is 0 Å². The normalized spacial score (nSPS) is 14.4. The number of H-pyrrole nitrogens is 1. The molecule has 1 aliphatic heterocycles. The predicted molar refractivity (Wildman–Crippen MR) is 145 cm³/mol. The molecular formula is C30H31N5. The smallest absolute Gasteiger partial charge is 0.103 e. The number of nitrogens with one attached hydrogen (secondary N) is 2. The van der Waals surface area contributed by atoms with Crippen molar-refractivity contribution in [2.24, 2.45) is 0 Å². The van der Waals surface area contributed by atoms with Gasteiger partial charge in [-0.2, -0.15) is 5.26 Å². The van der Waals surface area contributed by atoms with E-state index in [1.54, 1.807) is 6.20 Å². The van der Waals surface area contributed by atoms with Crippen LogP contribution in [0.1, 0.15) is 52.8 Å². The molecule has 176 valence electrons. The van der Waals surface area contributed by atoms with E-state index in [1.807, 2.05) is 13.1 Å². The van der Waals surface area contributed by atoms with Gasteiger partial charge in [0.05, 0.1) is 11.3 Å². The highest BCUT2D eigenvalue weighted by molar-refractivity contribution is 5.90. The van der Waals surface area contributed by atoms with Gasteiger partial charge < -0.3 is 10.3 Å². The van der Waals surface area contributed by atoms with E-state index in [0.717, 1.165) is 45.8 Å². The lowest BCUT2D eigenvalue weighted by molar-refractivity contribution is 0.221. The van der Waals surface area contributed by atoms with Crippen LogP contribution < -0.4 is 5.32 Å². The summed E-state index contributed by atoms with van der Waals surface area (Å²) in [5.74, 6) is 0. The molecule has 1 fully saturated rings. The summed E-state index contributed by atoms with van der Waals surface area (Å²) in [6.45, 7) is 7.46. The molecule has 0 bridgehead atoms. The molecule has 2 aromatic carbocycles. The second-order valence-electron chi connectivity index (χ2n) is 9.37. The Hall–Kier alpha value is -3.88. The lowest BCUT2D eigenvalue weighted by Crippen LogP contribution is -2.29. The van der Waals surface area contributed by atoms with Crippen LogP contribution in [-0.2, 0) is 6.54 Å². The van der Waals surface area contributed by atoms with Crippen LogP contribution in [-0.4, -0.2) is 28.0 Å². The standard InChI is InChI=1S/C30H31N5/c1-21-26-13-14-32-29(26)12-11-28(21)34-30-25(18-31)19-33-22(2)27(30)10-9-23-7-6-8-24(17-23)20-35-15-4-3-5-16-35/h6-14,17,19,32H,3-5,15-16,20H2,1-2H3,(H,33,34). The lowest BCUT2D eigenvalue weighted by Gasteiger charge is -2.26. The first-order chi connectivity index (χ1) is 17.1. The zero-order valence-corrected chi connectivity index (χ0v) is 20.4. The van der Waals surface area contributed by atoms with Crippen LogP contribution in [0.2, 0.25) is 0 Å². The maximum absolute atomic E-state index is 9.83. The largest absolute Gasteiger partial charge is 0.361 e. The van der Waals surface area contributed by atoms with E-state index < -0.39 is 0 Å². The van der Waals surface area contributed by atoms with Gasteiger partial charge in [0.15, 0.2) is 0 Å². The summed E-state index contributed by atoms with van der Waals surface area (Å²) in [7, 11) is 0. The number of pyridine rings is 1. The fraction of sp³-hybridized carbons (Fsp3) is 0.267. The third-order valence-electron chi connectivity index (χ3n) is 6.95. The molecule has 0 spiro atoms. The summed E-state index contributed by atoms with van der Waals surface area (Å²) < 4.78 is 0. The Morgan fingerprint density at radius 2 is 1.94 bits per heavy atom. The molecule has 5 rings (SSSR count). The van der Waals surface area contributed by atoms with Crippen molar-refractivity contribution in [2.75, 3.05) is 18.4 Å². The molecule has 5 nitrogen and oxygen atoms in total. The Balaban J connectivity index is 1.45. The molecule has 2 aromatic heterocycles. The summed E-state index contributed by atoms with van der Waals surface area (Å²) in [5, 5.41) is 14.6. The van der Waals surface area contributed by atoms with Crippen molar-refractivity contribution in [3.8, 4) is 6.07 Å². The zero-order valence-electron chi connectivity index (χ0n) is 20.4. The van der Waals surface area contributed by atoms with Gasteiger partial charge >= 0.3 is 0 Å². The van der Waals surface area contributed by atoms with Gasteiger partial charge in [-0.1, -0.05) is 42.8 Å². The van der Waals surface area contributed by atoms with Gasteiger partial charge in [-0.15, -0.1) is 0 Å². The molecule has 0 aliphatic carbocycles. The fourth-order valence-corrected chi connectivity index (χ4v) is 4.95. The van der Waals surface area contributed by atoms with Crippen molar-refractivity contribution in [2.45, 2.75) is 39.7 Å². The number of nitrogens with zero attached hydrogens (tertiary/aromatic N) is 3. The average molecular weight is 462 g/mol. The van der Waals surface area contributed by atoms with E-state index in [9.17, 15) is 5.26 Å². The summed E-state index contributed by atoms with van der Waals surface area (Å²) >= 11 is 0. The minimum Gasteiger partial charge on any atom is -0.361 e. The van der Waals surface area contributed by atoms with Crippen molar-refractivity contribution in [3.05, 3.63) is 88.4 Å². The van der Waals surface area contributed by atoms with Gasteiger partial charge in [0, 0.05) is 46.8 Å². The number of aromatic amines is 1. The van der Waals surface area contributed by atoms with Crippen LogP contribution in [0.25, 0.3) is 23.1 Å². The van der Waals surface area contributed by atoms with Gasteiger partial charge in [0.25, 0.3) is 0 Å². The Bertz CT molecular complexity index is 1420. The number of benzene rings is 2. The Kier molecular flexibility index (Phi) is 6.65. The SMILES string of the molecule is Cc1ncc(C#N)c(Nc2ccc3[nH]ccc3c2C)c1C=Cc1cccc(CN2CCCCC2)c1. The third-order valence-corrected chi connectivity index (χ3v) is 6.95. The second kappa shape index (κ2) is 10.2. The van der Waals surface area contributed by atoms with Gasteiger partial charge in [-0.25, -0.2) is 0 Å². The molecule has 35 heavy (non-hydrogen) atoms. The van der Waals surface area contributed by atoms with E-state index in [1.165, 1.54) is 43.3 Å². The first kappa shape index (κ1) is 22.9. The molecule has 0 atom stereocenters. The summed E-state index contributed by atoms with van der Waals surface area (Å²) in [6, 6.07) is 17.3. The fourth-order valence-electron chi connectivity index (χ4n) is 4.95. The number of nitriles is 1. The molecule has 3 heterocycles. The minimum atomic E-state index is 0.530. The Labute approximate surface area is 207 Å². The summed E-state index contributed by atoms with van der Waals surface area (Å²) in [5.41, 5.74) is 8.84. The highest BCUT2D eigenvalue weighted by atomic mass is 15.1. The number of anilines is 2.